The van der Waals surface area contributed by atoms with E-state index in [1.165, 1.54) is 6.07 Å². The normalized spacial score (nSPS) is 10.7. The van der Waals surface area contributed by atoms with E-state index >= 15 is 0 Å². The Morgan fingerprint density at radius 1 is 1.15 bits per heavy atom. The van der Waals surface area contributed by atoms with Crippen LogP contribution >= 0.6 is 43.5 Å². The molecule has 0 aliphatic heterocycles. The third-order valence-corrected chi connectivity index (χ3v) is 4.04. The summed E-state index contributed by atoms with van der Waals surface area (Å²) in [5.74, 6) is 0.147. The van der Waals surface area contributed by atoms with E-state index in [1.807, 2.05) is 0 Å². The van der Waals surface area contributed by atoms with Gasteiger partial charge in [-0.15, -0.1) is 0 Å². The molecule has 0 radical (unpaired) electrons. The highest BCUT2D eigenvalue weighted by molar-refractivity contribution is 9.11. The summed E-state index contributed by atoms with van der Waals surface area (Å²) in [6.45, 7) is 0.0158. The summed E-state index contributed by atoms with van der Waals surface area (Å²) < 4.78 is 20.6. The second kappa shape index (κ2) is 6.89. The van der Waals surface area contributed by atoms with Crippen molar-refractivity contribution in [1.82, 2.24) is 0 Å². The first-order valence-electron chi connectivity index (χ1n) is 5.66. The number of benzene rings is 2. The van der Waals surface area contributed by atoms with Crippen molar-refractivity contribution < 1.29 is 14.2 Å². The number of ether oxygens (including phenoxy) is 1. The average Bonchev–Trinajstić information content (AvgIpc) is 2.39. The summed E-state index contributed by atoms with van der Waals surface area (Å²) >= 11 is 12.4. The Bertz CT molecular complexity index is 612. The van der Waals surface area contributed by atoms with Crippen LogP contribution in [0.1, 0.15) is 11.1 Å². The summed E-state index contributed by atoms with van der Waals surface area (Å²) in [6.07, 6.45) is 0. The fourth-order valence-corrected chi connectivity index (χ4v) is 3.30. The van der Waals surface area contributed by atoms with Gasteiger partial charge in [-0.1, -0.05) is 17.7 Å². The summed E-state index contributed by atoms with van der Waals surface area (Å²) in [5, 5.41) is 9.45. The van der Waals surface area contributed by atoms with Gasteiger partial charge in [-0.25, -0.2) is 4.39 Å². The van der Waals surface area contributed by atoms with Crippen molar-refractivity contribution in [1.29, 1.82) is 0 Å². The van der Waals surface area contributed by atoms with Crippen LogP contribution in [-0.4, -0.2) is 5.11 Å². The molecule has 2 aromatic carbocycles. The summed E-state index contributed by atoms with van der Waals surface area (Å²) in [6, 6.07) is 7.94. The molecule has 2 rings (SSSR count). The second-order valence-electron chi connectivity index (χ2n) is 4.07. The van der Waals surface area contributed by atoms with E-state index in [0.29, 0.717) is 25.3 Å². The predicted octanol–water partition coefficient (Wildman–Crippen LogP) is 5.08. The standard InChI is InChI=1S/C14H10Br2ClFO2/c15-11-3-8(6-19)4-12(16)14(11)20-7-9-1-2-10(17)5-13(9)18/h1-5,19H,6-7H2. The molecule has 0 fully saturated rings. The molecule has 0 atom stereocenters. The zero-order chi connectivity index (χ0) is 14.7. The molecular weight excluding hydrogens is 414 g/mol. The number of halogens is 4. The first kappa shape index (κ1) is 15.8. The molecule has 0 amide bonds. The maximum absolute atomic E-state index is 13.7. The molecule has 0 spiro atoms. The molecular formula is C14H10Br2ClFO2. The molecule has 6 heteroatoms. The maximum atomic E-state index is 13.7. The molecule has 0 saturated heterocycles. The second-order valence-corrected chi connectivity index (χ2v) is 6.22. The largest absolute Gasteiger partial charge is 0.486 e. The van der Waals surface area contributed by atoms with Gasteiger partial charge < -0.3 is 9.84 Å². The minimum absolute atomic E-state index is 0.0662. The monoisotopic (exact) mass is 422 g/mol. The Morgan fingerprint density at radius 3 is 2.35 bits per heavy atom. The summed E-state index contributed by atoms with van der Waals surface area (Å²) in [4.78, 5) is 0. The number of hydrogen-bond acceptors (Lipinski definition) is 2. The minimum atomic E-state index is -0.406. The van der Waals surface area contributed by atoms with Crippen LogP contribution in [0.3, 0.4) is 0 Å². The third kappa shape index (κ3) is 3.73. The van der Waals surface area contributed by atoms with E-state index in [-0.39, 0.29) is 13.2 Å². The summed E-state index contributed by atoms with van der Waals surface area (Å²) in [7, 11) is 0. The van der Waals surface area contributed by atoms with Crippen LogP contribution in [0.25, 0.3) is 0 Å². The van der Waals surface area contributed by atoms with Crippen LogP contribution in [0.5, 0.6) is 5.75 Å². The van der Waals surface area contributed by atoms with Crippen molar-refractivity contribution in [2.24, 2.45) is 0 Å². The highest BCUT2D eigenvalue weighted by Gasteiger charge is 2.11. The molecule has 20 heavy (non-hydrogen) atoms. The minimum Gasteiger partial charge on any atom is -0.486 e. The van der Waals surface area contributed by atoms with Crippen LogP contribution in [0, 0.1) is 5.82 Å². The van der Waals surface area contributed by atoms with Crippen molar-refractivity contribution in [2.45, 2.75) is 13.2 Å². The topological polar surface area (TPSA) is 29.5 Å². The zero-order valence-corrected chi connectivity index (χ0v) is 14.1. The summed E-state index contributed by atoms with van der Waals surface area (Å²) in [5.41, 5.74) is 1.16. The predicted molar refractivity (Wildman–Crippen MR) is 83.5 cm³/mol. The van der Waals surface area contributed by atoms with Gasteiger partial charge in [0.1, 0.15) is 18.2 Å². The van der Waals surface area contributed by atoms with Crippen molar-refractivity contribution in [2.75, 3.05) is 0 Å². The van der Waals surface area contributed by atoms with Crippen LogP contribution in [0.15, 0.2) is 39.3 Å². The molecule has 0 aromatic heterocycles. The fourth-order valence-electron chi connectivity index (χ4n) is 1.63. The van der Waals surface area contributed by atoms with Crippen LogP contribution in [0.4, 0.5) is 4.39 Å². The molecule has 0 saturated carbocycles. The first-order valence-corrected chi connectivity index (χ1v) is 7.63. The zero-order valence-electron chi connectivity index (χ0n) is 10.2. The van der Waals surface area contributed by atoms with E-state index in [1.54, 1.807) is 24.3 Å². The van der Waals surface area contributed by atoms with E-state index < -0.39 is 5.82 Å². The lowest BCUT2D eigenvalue weighted by atomic mass is 10.2. The van der Waals surface area contributed by atoms with Crippen LogP contribution in [0.2, 0.25) is 5.02 Å². The molecule has 0 bridgehead atoms. The molecule has 0 unspecified atom stereocenters. The molecule has 0 heterocycles. The molecule has 2 aromatic rings. The lowest BCUT2D eigenvalue weighted by molar-refractivity contribution is 0.279. The van der Waals surface area contributed by atoms with E-state index in [4.69, 9.17) is 21.4 Å². The molecule has 1 N–H and O–H groups in total. The van der Waals surface area contributed by atoms with Gasteiger partial charge in [-0.2, -0.15) is 0 Å². The Kier molecular flexibility index (Phi) is 5.43. The average molecular weight is 424 g/mol. The van der Waals surface area contributed by atoms with E-state index in [0.717, 1.165) is 5.56 Å². The van der Waals surface area contributed by atoms with Gasteiger partial charge in [0.15, 0.2) is 0 Å². The van der Waals surface area contributed by atoms with Crippen molar-refractivity contribution in [3.05, 3.63) is 61.2 Å². The number of aliphatic hydroxyl groups excluding tert-OH is 1. The molecule has 2 nitrogen and oxygen atoms in total. The Hall–Kier alpha value is -0.620. The van der Waals surface area contributed by atoms with Gasteiger partial charge in [0.25, 0.3) is 0 Å². The van der Waals surface area contributed by atoms with E-state index in [9.17, 15) is 4.39 Å². The smallest absolute Gasteiger partial charge is 0.148 e. The molecule has 106 valence electrons. The fraction of sp³-hybridized carbons (Fsp3) is 0.143. The van der Waals surface area contributed by atoms with Crippen molar-refractivity contribution >= 4 is 43.5 Å². The van der Waals surface area contributed by atoms with Gasteiger partial charge in [0.2, 0.25) is 0 Å². The SMILES string of the molecule is OCc1cc(Br)c(OCc2ccc(Cl)cc2F)c(Br)c1. The number of aliphatic hydroxyl groups is 1. The van der Waals surface area contributed by atoms with Gasteiger partial charge in [-0.05, 0) is 61.7 Å². The number of rotatable bonds is 4. The van der Waals surface area contributed by atoms with Crippen molar-refractivity contribution in [3.63, 3.8) is 0 Å². The lowest BCUT2D eigenvalue weighted by Gasteiger charge is -2.12. The van der Waals surface area contributed by atoms with Gasteiger partial charge in [0, 0.05) is 10.6 Å². The van der Waals surface area contributed by atoms with Crippen LogP contribution in [-0.2, 0) is 13.2 Å². The van der Waals surface area contributed by atoms with Gasteiger partial charge >= 0.3 is 0 Å². The van der Waals surface area contributed by atoms with E-state index in [2.05, 4.69) is 31.9 Å². The van der Waals surface area contributed by atoms with Crippen LogP contribution < -0.4 is 4.74 Å². The Morgan fingerprint density at radius 2 is 1.80 bits per heavy atom. The van der Waals surface area contributed by atoms with Gasteiger partial charge in [0.05, 0.1) is 15.6 Å². The Balaban J connectivity index is 2.19. The quantitative estimate of drug-likeness (QED) is 0.742. The highest BCUT2D eigenvalue weighted by Crippen LogP contribution is 2.35. The van der Waals surface area contributed by atoms with Crippen molar-refractivity contribution in [3.8, 4) is 5.75 Å². The first-order chi connectivity index (χ1) is 9.51. The molecule has 0 aliphatic carbocycles. The van der Waals surface area contributed by atoms with Gasteiger partial charge in [-0.3, -0.25) is 0 Å². The third-order valence-electron chi connectivity index (χ3n) is 2.63. The molecule has 0 aliphatic rings. The Labute approximate surface area is 137 Å². The maximum Gasteiger partial charge on any atom is 0.148 e. The highest BCUT2D eigenvalue weighted by atomic mass is 79.9. The number of hydrogen-bond donors (Lipinski definition) is 1. The lowest BCUT2D eigenvalue weighted by Crippen LogP contribution is -2.00.